The lowest BCUT2D eigenvalue weighted by molar-refractivity contribution is -0.870. The lowest BCUT2D eigenvalue weighted by atomic mass is 9.47. The summed E-state index contributed by atoms with van der Waals surface area (Å²) < 4.78 is 11.9. The maximum Gasteiger partial charge on any atom is 0.508 e. The number of hydrogen-bond acceptors (Lipinski definition) is 4. The minimum atomic E-state index is -0.544. The molecule has 0 amide bonds. The summed E-state index contributed by atoms with van der Waals surface area (Å²) in [6, 6.07) is 0. The fourth-order valence-electron chi connectivity index (χ4n) is 9.33. The van der Waals surface area contributed by atoms with Gasteiger partial charge in [0.25, 0.3) is 0 Å². The Morgan fingerprint density at radius 2 is 1.87 bits per heavy atom. The van der Waals surface area contributed by atoms with Crippen molar-refractivity contribution in [1.29, 1.82) is 0 Å². The highest BCUT2D eigenvalue weighted by Crippen LogP contribution is 2.67. The van der Waals surface area contributed by atoms with E-state index < -0.39 is 11.8 Å². The molecule has 8 atom stereocenters. The Morgan fingerprint density at radius 3 is 2.55 bits per heavy atom. The zero-order chi connectivity index (χ0) is 27.9. The van der Waals surface area contributed by atoms with E-state index in [2.05, 4.69) is 48.0 Å². The van der Waals surface area contributed by atoms with Crippen LogP contribution in [0.3, 0.4) is 0 Å². The van der Waals surface area contributed by atoms with Gasteiger partial charge in [0.2, 0.25) is 0 Å². The van der Waals surface area contributed by atoms with Crippen LogP contribution in [0.5, 0.6) is 0 Å². The fourth-order valence-corrected chi connectivity index (χ4v) is 9.33. The summed E-state index contributed by atoms with van der Waals surface area (Å²) in [4.78, 5) is 12.3. The van der Waals surface area contributed by atoms with Crippen molar-refractivity contribution in [3.63, 3.8) is 0 Å². The molecule has 4 aliphatic rings. The van der Waals surface area contributed by atoms with Gasteiger partial charge in [0.15, 0.2) is 0 Å². The molecule has 0 spiro atoms. The summed E-state index contributed by atoms with van der Waals surface area (Å²) >= 11 is 0. The van der Waals surface area contributed by atoms with Crippen LogP contribution in [0.1, 0.15) is 105 Å². The van der Waals surface area contributed by atoms with Crippen LogP contribution in [0.15, 0.2) is 11.6 Å². The topological polar surface area (TPSA) is 55.8 Å². The predicted octanol–water partition coefficient (Wildman–Crippen LogP) is 7.37. The van der Waals surface area contributed by atoms with Crippen LogP contribution in [0.4, 0.5) is 4.79 Å². The molecule has 218 valence electrons. The van der Waals surface area contributed by atoms with E-state index in [9.17, 15) is 9.90 Å². The van der Waals surface area contributed by atoms with Gasteiger partial charge < -0.3 is 19.1 Å². The van der Waals surface area contributed by atoms with Crippen molar-refractivity contribution < 1.29 is 23.9 Å². The monoisotopic (exact) mass is 532 g/mol. The Bertz CT molecular complexity index is 869. The molecule has 0 bridgehead atoms. The van der Waals surface area contributed by atoms with Crippen LogP contribution in [0.2, 0.25) is 0 Å². The van der Waals surface area contributed by atoms with Crippen LogP contribution in [0, 0.1) is 40.4 Å². The second kappa shape index (κ2) is 11.1. The molecule has 5 heteroatoms. The summed E-state index contributed by atoms with van der Waals surface area (Å²) in [7, 11) is 6.29. The molecular weight excluding hydrogens is 474 g/mol. The van der Waals surface area contributed by atoms with Crippen LogP contribution in [-0.2, 0) is 9.47 Å². The van der Waals surface area contributed by atoms with Crippen molar-refractivity contribution in [2.75, 3.05) is 34.3 Å². The second-order valence-electron chi connectivity index (χ2n) is 15.8. The number of quaternary nitrogens is 1. The highest BCUT2D eigenvalue weighted by atomic mass is 16.7. The molecule has 1 N–H and O–H groups in total. The van der Waals surface area contributed by atoms with Crippen molar-refractivity contribution >= 4 is 6.16 Å². The Labute approximate surface area is 233 Å². The molecule has 4 rings (SSSR count). The molecule has 3 saturated carbocycles. The zero-order valence-electron chi connectivity index (χ0n) is 25.9. The molecule has 5 nitrogen and oxygen atoms in total. The first kappa shape index (κ1) is 29.9. The summed E-state index contributed by atoms with van der Waals surface area (Å²) in [6.45, 7) is 12.7. The van der Waals surface area contributed by atoms with Crippen molar-refractivity contribution in [1.82, 2.24) is 0 Å². The van der Waals surface area contributed by atoms with E-state index in [-0.39, 0.29) is 11.5 Å². The van der Waals surface area contributed by atoms with Crippen molar-refractivity contribution in [3.8, 4) is 0 Å². The maximum absolute atomic E-state index is 12.3. The molecule has 0 radical (unpaired) electrons. The van der Waals surface area contributed by atoms with Crippen molar-refractivity contribution in [2.24, 2.45) is 40.4 Å². The van der Waals surface area contributed by atoms with Crippen LogP contribution in [-0.4, -0.2) is 61.7 Å². The number of carbonyl (C=O) groups excluding carboxylic acids is 1. The number of allylic oxidation sites excluding steroid dienone is 1. The predicted molar refractivity (Wildman–Crippen MR) is 154 cm³/mol. The van der Waals surface area contributed by atoms with Gasteiger partial charge in [-0.05, 0) is 106 Å². The van der Waals surface area contributed by atoms with Gasteiger partial charge in [-0.15, -0.1) is 0 Å². The maximum atomic E-state index is 12.3. The van der Waals surface area contributed by atoms with Crippen molar-refractivity contribution in [3.05, 3.63) is 11.6 Å². The standard InChI is InChI=1S/C33H58NO4/c1-23(10-9-17-31(2,3)36)27-13-14-28-26-12-11-24-22-25(38-30(35)37-21-20-34(6,7)8)15-18-32(24,4)29(26)16-19-33(27,28)5/h11,23,25-29,36H,9-10,12-22H2,1-8H3/q+1/t23-,25+,26+,27-,28+,29+,32+,33-/m1/s1. The number of fused-ring (bicyclic) bond motifs is 5. The SMILES string of the molecule is C[C@H](CCCC(C)(C)O)[C@H]1CC[C@H]2[C@@H]3CC=C4C[C@@H](OC(=O)OCC[N+](C)(C)C)CC[C@]4(C)[C@H]3CC[C@]12C. The normalized spacial score (nSPS) is 37.9. The zero-order valence-corrected chi connectivity index (χ0v) is 25.9. The molecule has 0 aliphatic heterocycles. The third-order valence-corrected chi connectivity index (χ3v) is 11.5. The van der Waals surface area contributed by atoms with E-state index in [1.54, 1.807) is 5.57 Å². The highest BCUT2D eigenvalue weighted by Gasteiger charge is 2.59. The Kier molecular flexibility index (Phi) is 8.71. The quantitative estimate of drug-likeness (QED) is 0.191. The fraction of sp³-hybridized carbons (Fsp3) is 0.909. The minimum absolute atomic E-state index is 0.0445. The molecular formula is C33H58NO4+. The molecule has 0 aromatic heterocycles. The van der Waals surface area contributed by atoms with Gasteiger partial charge in [0, 0.05) is 6.42 Å². The number of carbonyl (C=O) groups is 1. The van der Waals surface area contributed by atoms with E-state index in [4.69, 9.17) is 9.47 Å². The van der Waals surface area contributed by atoms with Gasteiger partial charge in [0.05, 0.1) is 26.7 Å². The molecule has 4 aliphatic carbocycles. The molecule has 0 saturated heterocycles. The average Bonchev–Trinajstić information content (AvgIpc) is 3.15. The molecule has 0 unspecified atom stereocenters. The summed E-state index contributed by atoms with van der Waals surface area (Å²) in [6.07, 6.45) is 14.9. The largest absolute Gasteiger partial charge is 0.508 e. The van der Waals surface area contributed by atoms with Crippen LogP contribution < -0.4 is 0 Å². The van der Waals surface area contributed by atoms with Gasteiger partial charge in [-0.1, -0.05) is 45.3 Å². The Morgan fingerprint density at radius 1 is 1.13 bits per heavy atom. The molecule has 0 aromatic rings. The van der Waals surface area contributed by atoms with Gasteiger partial charge in [-0.2, -0.15) is 0 Å². The first-order valence-electron chi connectivity index (χ1n) is 15.7. The Balaban J connectivity index is 1.36. The smallest absolute Gasteiger partial charge is 0.431 e. The minimum Gasteiger partial charge on any atom is -0.431 e. The summed E-state index contributed by atoms with van der Waals surface area (Å²) in [5.74, 6) is 3.96. The number of hydrogen-bond donors (Lipinski definition) is 1. The molecule has 38 heavy (non-hydrogen) atoms. The second-order valence-corrected chi connectivity index (χ2v) is 15.8. The third kappa shape index (κ3) is 6.45. The van der Waals surface area contributed by atoms with E-state index in [1.165, 1.54) is 38.5 Å². The number of rotatable bonds is 9. The Hall–Kier alpha value is -1.07. The molecule has 0 heterocycles. The molecule has 3 fully saturated rings. The summed E-state index contributed by atoms with van der Waals surface area (Å²) in [5.41, 5.74) is 1.73. The van der Waals surface area contributed by atoms with E-state index in [0.717, 1.165) is 72.7 Å². The number of likely N-dealkylation sites (N-methyl/N-ethyl adjacent to an activating group) is 1. The lowest BCUT2D eigenvalue weighted by Gasteiger charge is -2.58. The lowest BCUT2D eigenvalue weighted by Crippen LogP contribution is -2.51. The van der Waals surface area contributed by atoms with Crippen LogP contribution >= 0.6 is 0 Å². The first-order valence-corrected chi connectivity index (χ1v) is 15.7. The average molecular weight is 533 g/mol. The first-order chi connectivity index (χ1) is 17.6. The number of ether oxygens (including phenoxy) is 2. The van der Waals surface area contributed by atoms with Crippen molar-refractivity contribution in [2.45, 2.75) is 117 Å². The van der Waals surface area contributed by atoms with Gasteiger partial charge >= 0.3 is 6.16 Å². The van der Waals surface area contributed by atoms with Gasteiger partial charge in [-0.3, -0.25) is 0 Å². The van der Waals surface area contributed by atoms with Gasteiger partial charge in [0.1, 0.15) is 19.3 Å². The summed E-state index contributed by atoms with van der Waals surface area (Å²) in [5, 5.41) is 10.2. The highest BCUT2D eigenvalue weighted by molar-refractivity contribution is 5.60. The number of aliphatic hydroxyl groups is 1. The van der Waals surface area contributed by atoms with E-state index in [0.29, 0.717) is 12.0 Å². The van der Waals surface area contributed by atoms with Gasteiger partial charge in [-0.25, -0.2) is 4.79 Å². The van der Waals surface area contributed by atoms with E-state index >= 15 is 0 Å². The van der Waals surface area contributed by atoms with E-state index in [1.807, 2.05) is 13.8 Å². The number of nitrogens with zero attached hydrogens (tertiary/aromatic N) is 1. The third-order valence-electron chi connectivity index (χ3n) is 11.5. The van der Waals surface area contributed by atoms with Crippen LogP contribution in [0.25, 0.3) is 0 Å². The molecule has 0 aromatic carbocycles.